The molecule has 0 atom stereocenters. The Morgan fingerprint density at radius 3 is 2.85 bits per heavy atom. The summed E-state index contributed by atoms with van der Waals surface area (Å²) in [6, 6.07) is 8.68. The standard InChI is InChI=1S/C10H8O2S/c11-9-5-7(6-13)12-10-4-2-1-3-8(9)10/h1-5,13H,6H2. The van der Waals surface area contributed by atoms with E-state index in [-0.39, 0.29) is 5.43 Å². The van der Waals surface area contributed by atoms with Gasteiger partial charge in [-0.3, -0.25) is 4.79 Å². The fraction of sp³-hybridized carbons (Fsp3) is 0.100. The average molecular weight is 192 g/mol. The van der Waals surface area contributed by atoms with E-state index >= 15 is 0 Å². The second-order valence-corrected chi connectivity index (χ2v) is 3.05. The molecule has 1 aromatic carbocycles. The summed E-state index contributed by atoms with van der Waals surface area (Å²) in [4.78, 5) is 11.5. The summed E-state index contributed by atoms with van der Waals surface area (Å²) in [6.07, 6.45) is 0. The van der Waals surface area contributed by atoms with Gasteiger partial charge in [-0.2, -0.15) is 12.6 Å². The van der Waals surface area contributed by atoms with Crippen LogP contribution in [-0.4, -0.2) is 0 Å². The Morgan fingerprint density at radius 1 is 1.31 bits per heavy atom. The van der Waals surface area contributed by atoms with E-state index in [1.165, 1.54) is 6.07 Å². The average Bonchev–Trinajstić information content (AvgIpc) is 2.18. The van der Waals surface area contributed by atoms with Gasteiger partial charge in [0.15, 0.2) is 5.43 Å². The van der Waals surface area contributed by atoms with Gasteiger partial charge in [0.2, 0.25) is 0 Å². The van der Waals surface area contributed by atoms with Crippen molar-refractivity contribution in [1.29, 1.82) is 0 Å². The van der Waals surface area contributed by atoms with Gasteiger partial charge in [-0.1, -0.05) is 12.1 Å². The molecule has 0 saturated heterocycles. The molecule has 0 aliphatic heterocycles. The maximum Gasteiger partial charge on any atom is 0.192 e. The summed E-state index contributed by atoms with van der Waals surface area (Å²) in [5.41, 5.74) is 0.616. The Kier molecular flexibility index (Phi) is 2.10. The molecule has 0 unspecified atom stereocenters. The molecular weight excluding hydrogens is 184 g/mol. The lowest BCUT2D eigenvalue weighted by Crippen LogP contribution is -2.00. The van der Waals surface area contributed by atoms with E-state index in [9.17, 15) is 4.79 Å². The highest BCUT2D eigenvalue weighted by atomic mass is 32.1. The summed E-state index contributed by atoms with van der Waals surface area (Å²) >= 11 is 4.05. The molecule has 2 nitrogen and oxygen atoms in total. The van der Waals surface area contributed by atoms with Crippen LogP contribution in [0, 0.1) is 0 Å². The number of rotatable bonds is 1. The van der Waals surface area contributed by atoms with E-state index in [1.807, 2.05) is 12.1 Å². The Morgan fingerprint density at radius 2 is 2.08 bits per heavy atom. The lowest BCUT2D eigenvalue weighted by Gasteiger charge is -1.98. The van der Waals surface area contributed by atoms with E-state index in [2.05, 4.69) is 12.6 Å². The normalized spacial score (nSPS) is 10.5. The Bertz CT molecular complexity index is 487. The van der Waals surface area contributed by atoms with Crippen molar-refractivity contribution >= 4 is 23.6 Å². The lowest BCUT2D eigenvalue weighted by atomic mass is 10.2. The van der Waals surface area contributed by atoms with Crippen LogP contribution in [0.3, 0.4) is 0 Å². The fourth-order valence-corrected chi connectivity index (χ4v) is 1.39. The first-order chi connectivity index (χ1) is 6.31. The molecule has 3 heteroatoms. The number of para-hydroxylation sites is 1. The molecule has 1 aromatic heterocycles. The summed E-state index contributed by atoms with van der Waals surface area (Å²) in [6.45, 7) is 0. The van der Waals surface area contributed by atoms with Crippen LogP contribution in [0.5, 0.6) is 0 Å². The van der Waals surface area contributed by atoms with Crippen LogP contribution in [0.1, 0.15) is 5.76 Å². The van der Waals surface area contributed by atoms with Crippen molar-refractivity contribution in [3.8, 4) is 0 Å². The number of benzene rings is 1. The van der Waals surface area contributed by atoms with Gasteiger partial charge in [-0.25, -0.2) is 0 Å². The van der Waals surface area contributed by atoms with E-state index in [4.69, 9.17) is 4.42 Å². The van der Waals surface area contributed by atoms with Gasteiger partial charge in [-0.15, -0.1) is 0 Å². The van der Waals surface area contributed by atoms with Gasteiger partial charge in [0.05, 0.1) is 5.39 Å². The Hall–Kier alpha value is -1.22. The molecule has 13 heavy (non-hydrogen) atoms. The summed E-state index contributed by atoms with van der Waals surface area (Å²) in [5, 5.41) is 0.619. The maximum absolute atomic E-state index is 11.5. The first-order valence-electron chi connectivity index (χ1n) is 3.94. The highest BCUT2D eigenvalue weighted by molar-refractivity contribution is 7.79. The molecular formula is C10H8O2S. The van der Waals surface area contributed by atoms with Crippen molar-refractivity contribution in [3.05, 3.63) is 46.3 Å². The van der Waals surface area contributed by atoms with E-state index in [1.54, 1.807) is 12.1 Å². The molecule has 0 spiro atoms. The van der Waals surface area contributed by atoms with Gasteiger partial charge in [-0.05, 0) is 12.1 Å². The minimum absolute atomic E-state index is 0.00843. The van der Waals surface area contributed by atoms with Crippen molar-refractivity contribution in [2.75, 3.05) is 0 Å². The van der Waals surface area contributed by atoms with Gasteiger partial charge < -0.3 is 4.42 Å². The van der Waals surface area contributed by atoms with Crippen molar-refractivity contribution < 1.29 is 4.42 Å². The molecule has 0 aliphatic carbocycles. The first kappa shape index (κ1) is 8.38. The van der Waals surface area contributed by atoms with Crippen LogP contribution >= 0.6 is 12.6 Å². The number of thiol groups is 1. The van der Waals surface area contributed by atoms with E-state index in [0.29, 0.717) is 22.5 Å². The largest absolute Gasteiger partial charge is 0.460 e. The van der Waals surface area contributed by atoms with Gasteiger partial charge in [0.25, 0.3) is 0 Å². The Labute approximate surface area is 80.6 Å². The molecule has 66 valence electrons. The minimum Gasteiger partial charge on any atom is -0.460 e. The molecule has 0 fully saturated rings. The SMILES string of the molecule is O=c1cc(CS)oc2ccccc12. The third-order valence-electron chi connectivity index (χ3n) is 1.84. The third-order valence-corrected chi connectivity index (χ3v) is 2.15. The zero-order chi connectivity index (χ0) is 9.26. The topological polar surface area (TPSA) is 30.2 Å². The molecule has 0 aliphatic rings. The van der Waals surface area contributed by atoms with Crippen LogP contribution < -0.4 is 5.43 Å². The first-order valence-corrected chi connectivity index (χ1v) is 4.57. The van der Waals surface area contributed by atoms with Gasteiger partial charge in [0.1, 0.15) is 11.3 Å². The van der Waals surface area contributed by atoms with Crippen molar-refractivity contribution in [1.82, 2.24) is 0 Å². The minimum atomic E-state index is -0.00843. The number of hydrogen-bond acceptors (Lipinski definition) is 3. The molecule has 0 amide bonds. The smallest absolute Gasteiger partial charge is 0.192 e. The number of fused-ring (bicyclic) bond motifs is 1. The fourth-order valence-electron chi connectivity index (χ4n) is 1.23. The molecule has 1 heterocycles. The summed E-state index contributed by atoms with van der Waals surface area (Å²) < 4.78 is 5.42. The van der Waals surface area contributed by atoms with E-state index in [0.717, 1.165) is 0 Å². The summed E-state index contributed by atoms with van der Waals surface area (Å²) in [7, 11) is 0. The third kappa shape index (κ3) is 1.47. The monoisotopic (exact) mass is 192 g/mol. The maximum atomic E-state index is 11.5. The van der Waals surface area contributed by atoms with Gasteiger partial charge >= 0.3 is 0 Å². The zero-order valence-electron chi connectivity index (χ0n) is 6.86. The van der Waals surface area contributed by atoms with E-state index < -0.39 is 0 Å². The highest BCUT2D eigenvalue weighted by Gasteiger charge is 2.01. The van der Waals surface area contributed by atoms with Crippen molar-refractivity contribution in [2.24, 2.45) is 0 Å². The van der Waals surface area contributed by atoms with Crippen LogP contribution in [0.4, 0.5) is 0 Å². The highest BCUT2D eigenvalue weighted by Crippen LogP contribution is 2.12. The molecule has 0 N–H and O–H groups in total. The van der Waals surface area contributed by atoms with Crippen LogP contribution in [0.15, 0.2) is 39.5 Å². The molecule has 0 radical (unpaired) electrons. The summed E-state index contributed by atoms with van der Waals surface area (Å²) in [5.74, 6) is 1.05. The predicted molar refractivity (Wildman–Crippen MR) is 55.2 cm³/mol. The molecule has 2 rings (SSSR count). The van der Waals surface area contributed by atoms with Crippen LogP contribution in [0.25, 0.3) is 11.0 Å². The second kappa shape index (κ2) is 3.26. The molecule has 0 bridgehead atoms. The predicted octanol–water partition coefficient (Wildman–Crippen LogP) is 2.22. The zero-order valence-corrected chi connectivity index (χ0v) is 7.75. The van der Waals surface area contributed by atoms with Crippen LogP contribution in [-0.2, 0) is 5.75 Å². The molecule has 2 aromatic rings. The van der Waals surface area contributed by atoms with Crippen molar-refractivity contribution in [2.45, 2.75) is 5.75 Å². The van der Waals surface area contributed by atoms with Crippen LogP contribution in [0.2, 0.25) is 0 Å². The Balaban J connectivity index is 2.85. The second-order valence-electron chi connectivity index (χ2n) is 2.73. The quantitative estimate of drug-likeness (QED) is 0.702. The molecule has 0 saturated carbocycles. The number of hydrogen-bond donors (Lipinski definition) is 1. The lowest BCUT2D eigenvalue weighted by molar-refractivity contribution is 0.561. The van der Waals surface area contributed by atoms with Crippen molar-refractivity contribution in [3.63, 3.8) is 0 Å². The van der Waals surface area contributed by atoms with Gasteiger partial charge in [0, 0.05) is 11.8 Å².